The average Bonchev–Trinajstić information content (AvgIpc) is 2.88. The topological polar surface area (TPSA) is 45.2 Å². The maximum absolute atomic E-state index is 12.0. The number of thiazole rings is 1. The maximum atomic E-state index is 12.0. The van der Waals surface area contributed by atoms with E-state index >= 15 is 0 Å². The van der Waals surface area contributed by atoms with Crippen LogP contribution in [0.5, 0.6) is 0 Å². The number of thioether (sulfide) groups is 1. The van der Waals surface area contributed by atoms with Crippen molar-refractivity contribution in [3.63, 3.8) is 0 Å². The molecule has 20 heavy (non-hydrogen) atoms. The third-order valence-electron chi connectivity index (χ3n) is 3.06. The summed E-state index contributed by atoms with van der Waals surface area (Å²) in [4.78, 5) is 18.5. The highest BCUT2D eigenvalue weighted by Gasteiger charge is 2.16. The van der Waals surface area contributed by atoms with Crippen molar-refractivity contribution < 1.29 is 4.79 Å². The summed E-state index contributed by atoms with van der Waals surface area (Å²) < 4.78 is 2.16. The number of aromatic nitrogens is 1. The molecule has 1 saturated heterocycles. The number of halogens is 1. The van der Waals surface area contributed by atoms with E-state index in [4.69, 9.17) is 0 Å². The second-order valence-electron chi connectivity index (χ2n) is 4.37. The second-order valence-corrected chi connectivity index (χ2v) is 6.62. The van der Waals surface area contributed by atoms with Crippen molar-refractivity contribution in [2.24, 2.45) is 0 Å². The molecular formula is C13H16ClN3OS2. The first-order valence-corrected chi connectivity index (χ1v) is 8.10. The Morgan fingerprint density at radius 2 is 2.10 bits per heavy atom. The summed E-state index contributed by atoms with van der Waals surface area (Å²) in [5, 5.41) is 3.25. The van der Waals surface area contributed by atoms with Gasteiger partial charge in [0.05, 0.1) is 16.0 Å². The van der Waals surface area contributed by atoms with Gasteiger partial charge in [0.15, 0.2) is 4.34 Å². The molecule has 0 aliphatic carbocycles. The molecule has 3 rings (SSSR count). The van der Waals surface area contributed by atoms with Gasteiger partial charge in [-0.05, 0) is 12.1 Å². The molecule has 1 fully saturated rings. The lowest BCUT2D eigenvalue weighted by atomic mass is 10.3. The summed E-state index contributed by atoms with van der Waals surface area (Å²) in [5.74, 6) is 0.700. The molecule has 108 valence electrons. The molecule has 1 N–H and O–H groups in total. The Morgan fingerprint density at radius 1 is 1.35 bits per heavy atom. The van der Waals surface area contributed by atoms with E-state index in [0.29, 0.717) is 5.75 Å². The first-order chi connectivity index (χ1) is 9.33. The van der Waals surface area contributed by atoms with Crippen molar-refractivity contribution in [1.82, 2.24) is 15.2 Å². The largest absolute Gasteiger partial charge is 0.339 e. The molecule has 7 heteroatoms. The molecule has 0 atom stereocenters. The SMILES string of the molecule is Cl.O=C(CSc1nc2ccccc2s1)N1CCNCC1. The zero-order valence-electron chi connectivity index (χ0n) is 10.9. The van der Waals surface area contributed by atoms with Gasteiger partial charge < -0.3 is 10.2 Å². The smallest absolute Gasteiger partial charge is 0.233 e. The van der Waals surface area contributed by atoms with Crippen LogP contribution >= 0.6 is 35.5 Å². The summed E-state index contributed by atoms with van der Waals surface area (Å²) in [5.41, 5.74) is 1.02. The number of nitrogens with zero attached hydrogens (tertiary/aromatic N) is 2. The Hall–Kier alpha value is -0.820. The lowest BCUT2D eigenvalue weighted by Gasteiger charge is -2.27. The molecule has 0 bridgehead atoms. The van der Waals surface area contributed by atoms with Crippen molar-refractivity contribution in [3.8, 4) is 0 Å². The molecule has 0 saturated carbocycles. The number of hydrogen-bond acceptors (Lipinski definition) is 5. The molecule has 1 aliphatic rings. The summed E-state index contributed by atoms with van der Waals surface area (Å²) in [6, 6.07) is 8.08. The molecule has 1 amide bonds. The minimum Gasteiger partial charge on any atom is -0.339 e. The predicted octanol–water partition coefficient (Wildman–Crippen LogP) is 2.24. The van der Waals surface area contributed by atoms with Gasteiger partial charge in [-0.25, -0.2) is 4.98 Å². The van der Waals surface area contributed by atoms with Crippen LogP contribution in [0, 0.1) is 0 Å². The van der Waals surface area contributed by atoms with Crippen LogP contribution in [0.4, 0.5) is 0 Å². The van der Waals surface area contributed by atoms with E-state index in [2.05, 4.69) is 16.4 Å². The van der Waals surface area contributed by atoms with E-state index in [1.54, 1.807) is 23.1 Å². The van der Waals surface area contributed by atoms with Gasteiger partial charge in [-0.15, -0.1) is 23.7 Å². The van der Waals surface area contributed by atoms with E-state index < -0.39 is 0 Å². The first-order valence-electron chi connectivity index (χ1n) is 6.30. The molecule has 0 unspecified atom stereocenters. The Balaban J connectivity index is 0.00000147. The fraction of sp³-hybridized carbons (Fsp3) is 0.385. The van der Waals surface area contributed by atoms with Gasteiger partial charge in [0.1, 0.15) is 0 Å². The van der Waals surface area contributed by atoms with Gasteiger partial charge in [0.2, 0.25) is 5.91 Å². The monoisotopic (exact) mass is 329 g/mol. The highest BCUT2D eigenvalue weighted by molar-refractivity contribution is 8.01. The van der Waals surface area contributed by atoms with E-state index in [9.17, 15) is 4.79 Å². The number of benzene rings is 1. The predicted molar refractivity (Wildman–Crippen MR) is 87.0 cm³/mol. The zero-order valence-corrected chi connectivity index (χ0v) is 13.3. The van der Waals surface area contributed by atoms with Gasteiger partial charge in [0, 0.05) is 26.2 Å². The van der Waals surface area contributed by atoms with Gasteiger partial charge in [0.25, 0.3) is 0 Å². The number of rotatable bonds is 3. The normalized spacial score (nSPS) is 15.1. The van der Waals surface area contributed by atoms with Crippen LogP contribution in [-0.4, -0.2) is 47.7 Å². The fourth-order valence-corrected chi connectivity index (χ4v) is 4.01. The van der Waals surface area contributed by atoms with Gasteiger partial charge in [-0.1, -0.05) is 23.9 Å². The fourth-order valence-electron chi connectivity index (χ4n) is 2.04. The third-order valence-corrected chi connectivity index (χ3v) is 5.23. The van der Waals surface area contributed by atoms with Crippen LogP contribution in [0.3, 0.4) is 0 Å². The van der Waals surface area contributed by atoms with E-state index in [-0.39, 0.29) is 18.3 Å². The number of para-hydroxylation sites is 1. The van der Waals surface area contributed by atoms with Crippen LogP contribution in [0.1, 0.15) is 0 Å². The number of piperazine rings is 1. The van der Waals surface area contributed by atoms with Crippen LogP contribution < -0.4 is 5.32 Å². The average molecular weight is 330 g/mol. The standard InChI is InChI=1S/C13H15N3OS2.ClH/c17-12(16-7-5-14-6-8-16)9-18-13-15-10-3-1-2-4-11(10)19-13;/h1-4,14H,5-9H2;1H. The van der Waals surface area contributed by atoms with Crippen molar-refractivity contribution in [3.05, 3.63) is 24.3 Å². The maximum Gasteiger partial charge on any atom is 0.233 e. The third kappa shape index (κ3) is 3.63. The Bertz CT molecular complexity index is 551. The van der Waals surface area contributed by atoms with E-state index in [1.807, 2.05) is 23.1 Å². The molecule has 0 spiro atoms. The van der Waals surface area contributed by atoms with Crippen molar-refractivity contribution in [1.29, 1.82) is 0 Å². The molecule has 2 aromatic rings. The van der Waals surface area contributed by atoms with Crippen LogP contribution in [-0.2, 0) is 4.79 Å². The van der Waals surface area contributed by atoms with Gasteiger partial charge in [-0.3, -0.25) is 4.79 Å². The molecule has 1 aromatic carbocycles. The minimum atomic E-state index is 0. The molecule has 2 heterocycles. The molecule has 1 aliphatic heterocycles. The zero-order chi connectivity index (χ0) is 13.1. The number of amides is 1. The molecular weight excluding hydrogens is 314 g/mol. The first kappa shape index (κ1) is 15.6. The summed E-state index contributed by atoms with van der Waals surface area (Å²) in [6.45, 7) is 3.44. The lowest BCUT2D eigenvalue weighted by molar-refractivity contribution is -0.128. The number of hydrogen-bond donors (Lipinski definition) is 1. The highest BCUT2D eigenvalue weighted by Crippen LogP contribution is 2.29. The van der Waals surface area contributed by atoms with E-state index in [1.165, 1.54) is 4.70 Å². The molecule has 0 radical (unpaired) electrons. The Morgan fingerprint density at radius 3 is 2.85 bits per heavy atom. The summed E-state index contributed by atoms with van der Waals surface area (Å²) in [7, 11) is 0. The number of fused-ring (bicyclic) bond motifs is 1. The van der Waals surface area contributed by atoms with Gasteiger partial charge in [-0.2, -0.15) is 0 Å². The van der Waals surface area contributed by atoms with Crippen LogP contribution in [0.25, 0.3) is 10.2 Å². The molecule has 1 aromatic heterocycles. The number of nitrogens with one attached hydrogen (secondary N) is 1. The lowest BCUT2D eigenvalue weighted by Crippen LogP contribution is -2.47. The van der Waals surface area contributed by atoms with E-state index in [0.717, 1.165) is 36.0 Å². The quantitative estimate of drug-likeness (QED) is 0.877. The van der Waals surface area contributed by atoms with Crippen LogP contribution in [0.15, 0.2) is 28.6 Å². The second kappa shape index (κ2) is 7.26. The van der Waals surface area contributed by atoms with Crippen molar-refractivity contribution in [2.75, 3.05) is 31.9 Å². The summed E-state index contributed by atoms with van der Waals surface area (Å²) in [6.07, 6.45) is 0. The Labute approximate surface area is 132 Å². The van der Waals surface area contributed by atoms with Crippen molar-refractivity contribution >= 4 is 51.6 Å². The highest BCUT2D eigenvalue weighted by atomic mass is 35.5. The Kier molecular flexibility index (Phi) is 5.65. The number of carbonyl (C=O) groups is 1. The minimum absolute atomic E-state index is 0. The molecule has 4 nitrogen and oxygen atoms in total. The summed E-state index contributed by atoms with van der Waals surface area (Å²) >= 11 is 3.20. The van der Waals surface area contributed by atoms with Crippen LogP contribution in [0.2, 0.25) is 0 Å². The van der Waals surface area contributed by atoms with Gasteiger partial charge >= 0.3 is 0 Å². The number of carbonyl (C=O) groups excluding carboxylic acids is 1. The van der Waals surface area contributed by atoms with Crippen molar-refractivity contribution in [2.45, 2.75) is 4.34 Å².